The summed E-state index contributed by atoms with van der Waals surface area (Å²) < 4.78 is 3.26. The Morgan fingerprint density at radius 2 is 1.95 bits per heavy atom. The summed E-state index contributed by atoms with van der Waals surface area (Å²) in [6.45, 7) is 6.88. The van der Waals surface area contributed by atoms with Crippen molar-refractivity contribution < 1.29 is 4.79 Å². The largest absolute Gasteiger partial charge is 0.317 e. The summed E-state index contributed by atoms with van der Waals surface area (Å²) in [5.74, 6) is -0.177. The minimum Gasteiger partial charge on any atom is -0.317 e. The average molecular weight is 310 g/mol. The summed E-state index contributed by atoms with van der Waals surface area (Å²) in [6, 6.07) is 13.9. The van der Waals surface area contributed by atoms with Crippen molar-refractivity contribution in [2.24, 2.45) is 4.99 Å². The lowest BCUT2D eigenvalue weighted by atomic mass is 10.1. The van der Waals surface area contributed by atoms with Gasteiger partial charge in [0.1, 0.15) is 0 Å². The maximum atomic E-state index is 12.5. The Hall–Kier alpha value is -2.20. The summed E-state index contributed by atoms with van der Waals surface area (Å²) in [5, 5.41) is 0. The van der Waals surface area contributed by atoms with Crippen LogP contribution in [0.25, 0.3) is 10.2 Å². The van der Waals surface area contributed by atoms with Gasteiger partial charge in [-0.1, -0.05) is 35.6 Å². The number of aromatic nitrogens is 1. The van der Waals surface area contributed by atoms with E-state index >= 15 is 0 Å². The number of hydrogen-bond acceptors (Lipinski definition) is 2. The highest BCUT2D eigenvalue weighted by atomic mass is 32.1. The second kappa shape index (κ2) is 5.89. The zero-order valence-corrected chi connectivity index (χ0v) is 13.8. The van der Waals surface area contributed by atoms with Crippen LogP contribution >= 0.6 is 11.3 Å². The molecule has 0 aliphatic carbocycles. The van der Waals surface area contributed by atoms with Crippen LogP contribution < -0.4 is 4.80 Å². The summed E-state index contributed by atoms with van der Waals surface area (Å²) in [6.07, 6.45) is 0. The minimum atomic E-state index is -0.177. The molecule has 3 nitrogen and oxygen atoms in total. The molecule has 0 spiro atoms. The van der Waals surface area contributed by atoms with E-state index in [1.165, 1.54) is 5.56 Å². The first-order chi connectivity index (χ1) is 10.6. The Morgan fingerprint density at radius 3 is 2.68 bits per heavy atom. The molecule has 1 aromatic heterocycles. The molecule has 2 aromatic carbocycles. The first-order valence-electron chi connectivity index (χ1n) is 7.35. The molecule has 0 saturated heterocycles. The second-order valence-electron chi connectivity index (χ2n) is 5.33. The molecule has 22 heavy (non-hydrogen) atoms. The number of hydrogen-bond donors (Lipinski definition) is 0. The van der Waals surface area contributed by atoms with E-state index in [1.54, 1.807) is 11.3 Å². The quantitative estimate of drug-likeness (QED) is 0.702. The van der Waals surface area contributed by atoms with E-state index in [0.717, 1.165) is 27.1 Å². The summed E-state index contributed by atoms with van der Waals surface area (Å²) >= 11 is 1.57. The van der Waals surface area contributed by atoms with Crippen molar-refractivity contribution in [2.75, 3.05) is 0 Å². The van der Waals surface area contributed by atoms with Crippen molar-refractivity contribution >= 4 is 27.5 Å². The van der Waals surface area contributed by atoms with Gasteiger partial charge in [-0.25, -0.2) is 0 Å². The Morgan fingerprint density at radius 1 is 1.18 bits per heavy atom. The van der Waals surface area contributed by atoms with E-state index in [4.69, 9.17) is 0 Å². The van der Waals surface area contributed by atoms with E-state index < -0.39 is 0 Å². The Kier molecular flexibility index (Phi) is 3.94. The molecule has 1 amide bonds. The van der Waals surface area contributed by atoms with Gasteiger partial charge in [-0.15, -0.1) is 0 Å². The smallest absolute Gasteiger partial charge is 0.279 e. The molecule has 4 heteroatoms. The number of amides is 1. The summed E-state index contributed by atoms with van der Waals surface area (Å²) in [4.78, 5) is 17.6. The van der Waals surface area contributed by atoms with Crippen molar-refractivity contribution in [3.8, 4) is 0 Å². The van der Waals surface area contributed by atoms with E-state index in [2.05, 4.69) is 41.6 Å². The molecule has 0 atom stereocenters. The third kappa shape index (κ3) is 2.62. The lowest BCUT2D eigenvalue weighted by molar-refractivity contribution is 0.0997. The van der Waals surface area contributed by atoms with Crippen LogP contribution in [0.3, 0.4) is 0 Å². The van der Waals surface area contributed by atoms with Gasteiger partial charge in [0.15, 0.2) is 4.80 Å². The number of rotatable bonds is 2. The standard InChI is InChI=1S/C18H18N2OS/c1-4-20-15-10-9-12(2)11-16(15)22-18(20)19-17(21)14-8-6-5-7-13(14)3/h5-11H,4H2,1-3H3. The normalized spacial score (nSPS) is 12.0. The SMILES string of the molecule is CCn1c(=NC(=O)c2ccccc2C)sc2cc(C)ccc21. The summed E-state index contributed by atoms with van der Waals surface area (Å²) in [5.41, 5.74) is 3.97. The first kappa shape index (κ1) is 14.7. The number of nitrogens with zero attached hydrogens (tertiary/aromatic N) is 2. The molecule has 0 unspecified atom stereocenters. The predicted molar refractivity (Wildman–Crippen MR) is 91.3 cm³/mol. The van der Waals surface area contributed by atoms with Crippen molar-refractivity contribution in [2.45, 2.75) is 27.3 Å². The molecule has 0 bridgehead atoms. The highest BCUT2D eigenvalue weighted by molar-refractivity contribution is 7.16. The van der Waals surface area contributed by atoms with Gasteiger partial charge in [-0.05, 0) is 50.1 Å². The van der Waals surface area contributed by atoms with Gasteiger partial charge in [0, 0.05) is 12.1 Å². The van der Waals surface area contributed by atoms with Crippen LogP contribution in [0.5, 0.6) is 0 Å². The van der Waals surface area contributed by atoms with Gasteiger partial charge in [0.05, 0.1) is 10.2 Å². The van der Waals surface area contributed by atoms with Crippen LogP contribution in [-0.2, 0) is 6.54 Å². The average Bonchev–Trinajstić information content (AvgIpc) is 2.83. The van der Waals surface area contributed by atoms with E-state index in [1.807, 2.05) is 31.2 Å². The van der Waals surface area contributed by atoms with Crippen LogP contribution in [-0.4, -0.2) is 10.5 Å². The maximum Gasteiger partial charge on any atom is 0.279 e. The zero-order chi connectivity index (χ0) is 15.7. The molecule has 1 heterocycles. The molecule has 0 saturated carbocycles. The van der Waals surface area contributed by atoms with Crippen LogP contribution in [0.15, 0.2) is 47.5 Å². The van der Waals surface area contributed by atoms with Crippen molar-refractivity contribution in [1.82, 2.24) is 4.57 Å². The Labute approximate surface area is 133 Å². The molecule has 0 radical (unpaired) electrons. The topological polar surface area (TPSA) is 34.4 Å². The number of aryl methyl sites for hydroxylation is 3. The zero-order valence-electron chi connectivity index (χ0n) is 13.0. The Bertz CT molecular complexity index is 918. The molecule has 0 aliphatic heterocycles. The third-order valence-corrected chi connectivity index (χ3v) is 4.77. The highest BCUT2D eigenvalue weighted by Gasteiger charge is 2.10. The fraction of sp³-hybridized carbons (Fsp3) is 0.222. The van der Waals surface area contributed by atoms with Crippen LogP contribution in [0, 0.1) is 13.8 Å². The van der Waals surface area contributed by atoms with Gasteiger partial charge in [-0.2, -0.15) is 4.99 Å². The van der Waals surface area contributed by atoms with Gasteiger partial charge in [0.2, 0.25) is 0 Å². The molecule has 0 aliphatic rings. The fourth-order valence-corrected chi connectivity index (χ4v) is 3.72. The molecular formula is C18H18N2OS. The van der Waals surface area contributed by atoms with Crippen LogP contribution in [0.1, 0.15) is 28.4 Å². The fourth-order valence-electron chi connectivity index (χ4n) is 2.53. The van der Waals surface area contributed by atoms with Crippen LogP contribution in [0.2, 0.25) is 0 Å². The van der Waals surface area contributed by atoms with Crippen molar-refractivity contribution in [3.63, 3.8) is 0 Å². The van der Waals surface area contributed by atoms with E-state index in [-0.39, 0.29) is 5.91 Å². The number of thiazole rings is 1. The molecule has 0 fully saturated rings. The lowest BCUT2D eigenvalue weighted by Gasteiger charge is -2.01. The van der Waals surface area contributed by atoms with Gasteiger partial charge in [-0.3, -0.25) is 4.79 Å². The maximum absolute atomic E-state index is 12.5. The molecular weight excluding hydrogens is 292 g/mol. The number of benzene rings is 2. The Balaban J connectivity index is 2.17. The lowest BCUT2D eigenvalue weighted by Crippen LogP contribution is -2.16. The molecule has 3 rings (SSSR count). The van der Waals surface area contributed by atoms with Crippen molar-refractivity contribution in [1.29, 1.82) is 0 Å². The number of carbonyl (C=O) groups excluding carboxylic acids is 1. The van der Waals surface area contributed by atoms with Gasteiger partial charge in [0.25, 0.3) is 5.91 Å². The second-order valence-corrected chi connectivity index (χ2v) is 6.34. The van der Waals surface area contributed by atoms with Gasteiger partial charge >= 0.3 is 0 Å². The first-order valence-corrected chi connectivity index (χ1v) is 8.16. The predicted octanol–water partition coefficient (Wildman–Crippen LogP) is 4.08. The van der Waals surface area contributed by atoms with Crippen molar-refractivity contribution in [3.05, 3.63) is 64.0 Å². The third-order valence-electron chi connectivity index (χ3n) is 3.73. The van der Waals surface area contributed by atoms with Gasteiger partial charge < -0.3 is 4.57 Å². The summed E-state index contributed by atoms with van der Waals surface area (Å²) in [7, 11) is 0. The van der Waals surface area contributed by atoms with Crippen LogP contribution in [0.4, 0.5) is 0 Å². The monoisotopic (exact) mass is 310 g/mol. The van der Waals surface area contributed by atoms with E-state index in [9.17, 15) is 4.79 Å². The molecule has 3 aromatic rings. The van der Waals surface area contributed by atoms with E-state index in [0.29, 0.717) is 5.56 Å². The highest BCUT2D eigenvalue weighted by Crippen LogP contribution is 2.19. The molecule has 112 valence electrons. The number of fused-ring (bicyclic) bond motifs is 1. The minimum absolute atomic E-state index is 0.177. The molecule has 0 N–H and O–H groups in total. The number of carbonyl (C=O) groups is 1.